The molecule has 1 rings (SSSR count). The molecule has 0 N–H and O–H groups in total. The SMILES string of the molecule is CC1C=CCCC1CCC#N. The molecule has 0 aromatic heterocycles. The maximum absolute atomic E-state index is 8.42. The molecule has 1 nitrogen and oxygen atoms in total. The summed E-state index contributed by atoms with van der Waals surface area (Å²) in [6.45, 7) is 2.25. The lowest BCUT2D eigenvalue weighted by atomic mass is 9.82. The Labute approximate surface area is 68.7 Å². The molecule has 1 aliphatic carbocycles. The number of rotatable bonds is 2. The number of nitrogens with zero attached hydrogens (tertiary/aromatic N) is 1. The van der Waals surface area contributed by atoms with Crippen molar-refractivity contribution in [3.05, 3.63) is 12.2 Å². The molecule has 60 valence electrons. The number of hydrogen-bond donors (Lipinski definition) is 0. The second-order valence-electron chi connectivity index (χ2n) is 3.32. The fourth-order valence-corrected chi connectivity index (χ4v) is 1.70. The largest absolute Gasteiger partial charge is 0.198 e. The van der Waals surface area contributed by atoms with Gasteiger partial charge in [0.15, 0.2) is 0 Å². The van der Waals surface area contributed by atoms with Gasteiger partial charge in [0.1, 0.15) is 0 Å². The summed E-state index contributed by atoms with van der Waals surface area (Å²) < 4.78 is 0. The Hall–Kier alpha value is -0.770. The molecule has 0 spiro atoms. The van der Waals surface area contributed by atoms with Gasteiger partial charge in [0.25, 0.3) is 0 Å². The van der Waals surface area contributed by atoms with Crippen molar-refractivity contribution in [2.45, 2.75) is 32.6 Å². The molecule has 1 heteroatoms. The zero-order valence-corrected chi connectivity index (χ0v) is 7.09. The second kappa shape index (κ2) is 4.18. The normalized spacial score (nSPS) is 29.8. The first-order valence-electron chi connectivity index (χ1n) is 4.38. The van der Waals surface area contributed by atoms with Crippen LogP contribution in [0.3, 0.4) is 0 Å². The van der Waals surface area contributed by atoms with Crippen LogP contribution in [0.4, 0.5) is 0 Å². The average molecular weight is 149 g/mol. The lowest BCUT2D eigenvalue weighted by Crippen LogP contribution is -2.12. The van der Waals surface area contributed by atoms with Crippen molar-refractivity contribution in [3.63, 3.8) is 0 Å². The third kappa shape index (κ3) is 2.38. The number of hydrogen-bond acceptors (Lipinski definition) is 1. The van der Waals surface area contributed by atoms with E-state index in [2.05, 4.69) is 25.1 Å². The molecular formula is C10H15N. The standard InChI is InChI=1S/C10H15N/c1-9-5-2-3-6-10(9)7-4-8-11/h2,5,9-10H,3-4,6-7H2,1H3. The summed E-state index contributed by atoms with van der Waals surface area (Å²) in [5.74, 6) is 1.46. The summed E-state index contributed by atoms with van der Waals surface area (Å²) in [4.78, 5) is 0. The molecule has 0 radical (unpaired) electrons. The van der Waals surface area contributed by atoms with Gasteiger partial charge >= 0.3 is 0 Å². The maximum Gasteiger partial charge on any atom is 0.0621 e. The van der Waals surface area contributed by atoms with Crippen molar-refractivity contribution >= 4 is 0 Å². The summed E-state index contributed by atoms with van der Waals surface area (Å²) in [7, 11) is 0. The molecule has 0 heterocycles. The molecule has 0 bridgehead atoms. The van der Waals surface area contributed by atoms with E-state index in [-0.39, 0.29) is 0 Å². The number of nitriles is 1. The second-order valence-corrected chi connectivity index (χ2v) is 3.32. The first-order chi connectivity index (χ1) is 5.34. The summed E-state index contributed by atoms with van der Waals surface area (Å²) in [6.07, 6.45) is 8.84. The highest BCUT2D eigenvalue weighted by Gasteiger charge is 2.16. The predicted octanol–water partition coefficient (Wildman–Crippen LogP) is 2.89. The van der Waals surface area contributed by atoms with Gasteiger partial charge in [0.2, 0.25) is 0 Å². The Morgan fingerprint density at radius 2 is 2.45 bits per heavy atom. The molecule has 2 unspecified atom stereocenters. The van der Waals surface area contributed by atoms with Gasteiger partial charge in [-0.15, -0.1) is 0 Å². The van der Waals surface area contributed by atoms with E-state index in [1.54, 1.807) is 0 Å². The van der Waals surface area contributed by atoms with Crippen molar-refractivity contribution in [1.82, 2.24) is 0 Å². The van der Waals surface area contributed by atoms with Gasteiger partial charge in [-0.25, -0.2) is 0 Å². The minimum atomic E-state index is 0.692. The van der Waals surface area contributed by atoms with Crippen LogP contribution in [-0.2, 0) is 0 Å². The minimum Gasteiger partial charge on any atom is -0.198 e. The molecule has 1 aliphatic rings. The van der Waals surface area contributed by atoms with Crippen molar-refractivity contribution in [1.29, 1.82) is 5.26 Å². The van der Waals surface area contributed by atoms with Crippen LogP contribution >= 0.6 is 0 Å². The lowest BCUT2D eigenvalue weighted by molar-refractivity contribution is 0.357. The molecule has 0 aromatic rings. The van der Waals surface area contributed by atoms with Crippen molar-refractivity contribution in [2.75, 3.05) is 0 Å². The summed E-state index contributed by atoms with van der Waals surface area (Å²) in [5, 5.41) is 8.42. The molecule has 0 aromatic carbocycles. The van der Waals surface area contributed by atoms with Crippen LogP contribution in [0.1, 0.15) is 32.6 Å². The molecule has 0 amide bonds. The third-order valence-corrected chi connectivity index (χ3v) is 2.51. The van der Waals surface area contributed by atoms with Gasteiger partial charge in [-0.3, -0.25) is 0 Å². The van der Waals surface area contributed by atoms with Gasteiger partial charge in [0, 0.05) is 6.42 Å². The van der Waals surface area contributed by atoms with E-state index in [4.69, 9.17) is 5.26 Å². The van der Waals surface area contributed by atoms with Gasteiger partial charge in [-0.1, -0.05) is 19.1 Å². The van der Waals surface area contributed by atoms with Crippen LogP contribution in [0.25, 0.3) is 0 Å². The molecule has 0 aliphatic heterocycles. The quantitative estimate of drug-likeness (QED) is 0.554. The van der Waals surface area contributed by atoms with Crippen molar-refractivity contribution in [2.24, 2.45) is 11.8 Å². The molecule has 11 heavy (non-hydrogen) atoms. The molecular weight excluding hydrogens is 134 g/mol. The summed E-state index contributed by atoms with van der Waals surface area (Å²) in [6, 6.07) is 2.21. The molecule has 0 fully saturated rings. The van der Waals surface area contributed by atoms with E-state index in [0.29, 0.717) is 5.92 Å². The Morgan fingerprint density at radius 1 is 1.64 bits per heavy atom. The highest BCUT2D eigenvalue weighted by molar-refractivity contribution is 4.95. The highest BCUT2D eigenvalue weighted by atomic mass is 14.3. The third-order valence-electron chi connectivity index (χ3n) is 2.51. The monoisotopic (exact) mass is 149 g/mol. The topological polar surface area (TPSA) is 23.8 Å². The summed E-state index contributed by atoms with van der Waals surface area (Å²) >= 11 is 0. The Morgan fingerprint density at radius 3 is 3.09 bits per heavy atom. The first kappa shape index (κ1) is 8.33. The van der Waals surface area contributed by atoms with E-state index in [0.717, 1.165) is 18.8 Å². The fraction of sp³-hybridized carbons (Fsp3) is 0.700. The van der Waals surface area contributed by atoms with E-state index in [9.17, 15) is 0 Å². The van der Waals surface area contributed by atoms with Crippen LogP contribution in [0, 0.1) is 23.2 Å². The van der Waals surface area contributed by atoms with Crippen molar-refractivity contribution in [3.8, 4) is 6.07 Å². The van der Waals surface area contributed by atoms with Crippen LogP contribution in [0.15, 0.2) is 12.2 Å². The van der Waals surface area contributed by atoms with E-state index < -0.39 is 0 Å². The summed E-state index contributed by atoms with van der Waals surface area (Å²) in [5.41, 5.74) is 0. The van der Waals surface area contributed by atoms with Gasteiger partial charge in [-0.05, 0) is 31.1 Å². The van der Waals surface area contributed by atoms with E-state index >= 15 is 0 Å². The van der Waals surface area contributed by atoms with Crippen LogP contribution in [0.5, 0.6) is 0 Å². The van der Waals surface area contributed by atoms with Crippen LogP contribution < -0.4 is 0 Å². The van der Waals surface area contributed by atoms with Crippen LogP contribution in [0.2, 0.25) is 0 Å². The molecule has 0 saturated heterocycles. The minimum absolute atomic E-state index is 0.692. The maximum atomic E-state index is 8.42. The number of allylic oxidation sites excluding steroid dienone is 2. The Kier molecular flexibility index (Phi) is 3.16. The fourth-order valence-electron chi connectivity index (χ4n) is 1.70. The Balaban J connectivity index is 2.34. The van der Waals surface area contributed by atoms with E-state index in [1.165, 1.54) is 12.8 Å². The molecule has 2 atom stereocenters. The van der Waals surface area contributed by atoms with Gasteiger partial charge in [-0.2, -0.15) is 5.26 Å². The van der Waals surface area contributed by atoms with Gasteiger partial charge in [0.05, 0.1) is 6.07 Å². The van der Waals surface area contributed by atoms with Crippen LogP contribution in [-0.4, -0.2) is 0 Å². The smallest absolute Gasteiger partial charge is 0.0621 e. The Bertz CT molecular complexity index is 176. The average Bonchev–Trinajstić information content (AvgIpc) is 2.03. The predicted molar refractivity (Wildman–Crippen MR) is 45.9 cm³/mol. The first-order valence-corrected chi connectivity index (χ1v) is 4.38. The van der Waals surface area contributed by atoms with Crippen molar-refractivity contribution < 1.29 is 0 Å². The molecule has 0 saturated carbocycles. The zero-order valence-electron chi connectivity index (χ0n) is 7.09. The van der Waals surface area contributed by atoms with Gasteiger partial charge < -0.3 is 0 Å². The zero-order chi connectivity index (χ0) is 8.10. The lowest BCUT2D eigenvalue weighted by Gasteiger charge is -2.23. The highest BCUT2D eigenvalue weighted by Crippen LogP contribution is 2.27. The van der Waals surface area contributed by atoms with E-state index in [1.807, 2.05) is 0 Å².